The van der Waals surface area contributed by atoms with E-state index in [1.807, 2.05) is 91.0 Å². The van der Waals surface area contributed by atoms with E-state index in [0.29, 0.717) is 17.2 Å². The summed E-state index contributed by atoms with van der Waals surface area (Å²) in [7, 11) is 0. The van der Waals surface area contributed by atoms with Crippen LogP contribution in [0.15, 0.2) is 127 Å². The molecule has 0 atom stereocenters. The molecule has 228 valence electrons. The first-order valence-electron chi connectivity index (χ1n) is 15.5. The van der Waals surface area contributed by atoms with Gasteiger partial charge in [0.1, 0.15) is 17.2 Å². The van der Waals surface area contributed by atoms with Crippen LogP contribution in [0.1, 0.15) is 0 Å². The van der Waals surface area contributed by atoms with Crippen molar-refractivity contribution < 1.29 is 14.2 Å². The first-order chi connectivity index (χ1) is 23.7. The Labute approximate surface area is 271 Å². The number of hydrogen-bond donors (Lipinski definition) is 3. The van der Waals surface area contributed by atoms with Gasteiger partial charge in [0.2, 0.25) is 0 Å². The molecule has 3 N–H and O–H groups in total. The zero-order valence-electron chi connectivity index (χ0n) is 25.2. The molecule has 48 heavy (non-hydrogen) atoms. The van der Waals surface area contributed by atoms with E-state index in [9.17, 15) is 0 Å². The van der Waals surface area contributed by atoms with Crippen molar-refractivity contribution in [2.75, 3.05) is 0 Å². The van der Waals surface area contributed by atoms with Gasteiger partial charge in [-0.2, -0.15) is 0 Å². The van der Waals surface area contributed by atoms with Gasteiger partial charge in [-0.1, -0.05) is 54.6 Å². The average Bonchev–Trinajstić information content (AvgIpc) is 3.78. The standard InChI is InChI=1S/C39H24N6O3/c1-4-10-31-25(7-1)28-16-13-22(19-34(28)40-31)46-37-43-38(47-23-14-17-29-26-8-2-5-11-32(26)41-35(29)20-23)45-39(44-37)48-24-15-18-30-27-9-3-6-12-33(27)42-36(30)21-24/h1-21,40-42H. The Balaban J connectivity index is 1.02. The Hall–Kier alpha value is -6.87. The van der Waals surface area contributed by atoms with Crippen LogP contribution in [-0.4, -0.2) is 29.9 Å². The van der Waals surface area contributed by atoms with E-state index < -0.39 is 0 Å². The summed E-state index contributed by atoms with van der Waals surface area (Å²) < 4.78 is 18.6. The van der Waals surface area contributed by atoms with E-state index in [0.717, 1.165) is 65.4 Å². The normalized spacial score (nSPS) is 11.8. The fourth-order valence-corrected chi connectivity index (χ4v) is 6.47. The molecule has 0 saturated carbocycles. The van der Waals surface area contributed by atoms with Crippen LogP contribution in [0.2, 0.25) is 0 Å². The van der Waals surface area contributed by atoms with Crippen molar-refractivity contribution in [3.63, 3.8) is 0 Å². The molecule has 10 rings (SSSR count). The molecule has 10 aromatic rings. The highest BCUT2D eigenvalue weighted by Gasteiger charge is 2.16. The maximum atomic E-state index is 6.20. The third kappa shape index (κ3) is 4.45. The summed E-state index contributed by atoms with van der Waals surface area (Å²) in [4.78, 5) is 23.9. The molecule has 0 saturated heterocycles. The van der Waals surface area contributed by atoms with E-state index in [1.165, 1.54) is 0 Å². The lowest BCUT2D eigenvalue weighted by Crippen LogP contribution is -2.01. The SMILES string of the molecule is c1ccc2c(c1)[nH]c1cc(Oc3nc(Oc4ccc5c(c4)[nH]c4ccccc45)nc(Oc4ccc5c(c4)[nH]c4ccccc45)n3)ccc12. The molecule has 9 heteroatoms. The van der Waals surface area contributed by atoms with Crippen LogP contribution in [0.4, 0.5) is 0 Å². The van der Waals surface area contributed by atoms with Gasteiger partial charge in [0.15, 0.2) is 0 Å². The van der Waals surface area contributed by atoms with Crippen LogP contribution >= 0.6 is 0 Å². The van der Waals surface area contributed by atoms with Crippen molar-refractivity contribution in [1.82, 2.24) is 29.9 Å². The molecular formula is C39H24N6O3. The summed E-state index contributed by atoms with van der Waals surface area (Å²) >= 11 is 0. The Morgan fingerprint density at radius 2 is 0.604 bits per heavy atom. The largest absolute Gasteiger partial charge is 0.424 e. The predicted octanol–water partition coefficient (Wildman–Crippen LogP) is 10.2. The quantitative estimate of drug-likeness (QED) is 0.170. The number of ether oxygens (including phenoxy) is 3. The summed E-state index contributed by atoms with van der Waals surface area (Å²) in [6.45, 7) is 0. The molecule has 0 spiro atoms. The van der Waals surface area contributed by atoms with Crippen LogP contribution in [-0.2, 0) is 0 Å². The zero-order valence-corrected chi connectivity index (χ0v) is 25.2. The Bertz CT molecular complexity index is 2530. The maximum absolute atomic E-state index is 6.20. The fraction of sp³-hybridized carbons (Fsp3) is 0. The molecule has 4 heterocycles. The summed E-state index contributed by atoms with van der Waals surface area (Å²) in [5.41, 5.74) is 5.97. The van der Waals surface area contributed by atoms with E-state index >= 15 is 0 Å². The summed E-state index contributed by atoms with van der Waals surface area (Å²) in [5, 5.41) is 6.72. The van der Waals surface area contributed by atoms with Gasteiger partial charge in [0, 0.05) is 67.1 Å². The highest BCUT2D eigenvalue weighted by Crippen LogP contribution is 2.34. The third-order valence-corrected chi connectivity index (χ3v) is 8.63. The molecule has 0 unspecified atom stereocenters. The highest BCUT2D eigenvalue weighted by atomic mass is 16.5. The molecule has 0 radical (unpaired) electrons. The first kappa shape index (κ1) is 26.4. The second-order valence-electron chi connectivity index (χ2n) is 11.6. The molecule has 0 bridgehead atoms. The number of rotatable bonds is 6. The van der Waals surface area contributed by atoms with Gasteiger partial charge in [0.05, 0.1) is 16.6 Å². The van der Waals surface area contributed by atoms with Crippen molar-refractivity contribution >= 4 is 65.4 Å². The summed E-state index contributed by atoms with van der Waals surface area (Å²) in [6, 6.07) is 42.1. The van der Waals surface area contributed by atoms with E-state index in [4.69, 9.17) is 14.2 Å². The van der Waals surface area contributed by atoms with Crippen molar-refractivity contribution in [3.05, 3.63) is 127 Å². The molecule has 0 fully saturated rings. The smallest absolute Gasteiger partial charge is 0.331 e. The molecule has 9 nitrogen and oxygen atoms in total. The van der Waals surface area contributed by atoms with Crippen molar-refractivity contribution in [1.29, 1.82) is 0 Å². The molecule has 6 aromatic carbocycles. The highest BCUT2D eigenvalue weighted by molar-refractivity contribution is 6.09. The Morgan fingerprint density at radius 1 is 0.312 bits per heavy atom. The molecule has 0 aliphatic heterocycles. The fourth-order valence-electron chi connectivity index (χ4n) is 6.47. The lowest BCUT2D eigenvalue weighted by atomic mass is 10.1. The van der Waals surface area contributed by atoms with Gasteiger partial charge < -0.3 is 29.2 Å². The van der Waals surface area contributed by atoms with Gasteiger partial charge in [-0.05, 0) is 54.6 Å². The number of fused-ring (bicyclic) bond motifs is 9. The molecular weight excluding hydrogens is 600 g/mol. The number of aromatic amines is 3. The Morgan fingerprint density at radius 3 is 0.938 bits per heavy atom. The van der Waals surface area contributed by atoms with Gasteiger partial charge in [-0.15, -0.1) is 15.0 Å². The minimum absolute atomic E-state index is 0.0313. The third-order valence-electron chi connectivity index (χ3n) is 8.63. The van der Waals surface area contributed by atoms with Gasteiger partial charge in [-0.25, -0.2) is 0 Å². The van der Waals surface area contributed by atoms with Crippen LogP contribution in [0, 0.1) is 0 Å². The number of nitrogens with zero attached hydrogens (tertiary/aromatic N) is 3. The van der Waals surface area contributed by atoms with Crippen LogP contribution in [0.3, 0.4) is 0 Å². The van der Waals surface area contributed by atoms with Crippen LogP contribution in [0.5, 0.6) is 35.3 Å². The van der Waals surface area contributed by atoms with E-state index in [1.54, 1.807) is 0 Å². The van der Waals surface area contributed by atoms with Crippen molar-refractivity contribution in [2.24, 2.45) is 0 Å². The second kappa shape index (κ2) is 10.3. The molecule has 0 amide bonds. The lowest BCUT2D eigenvalue weighted by Gasteiger charge is -2.10. The van der Waals surface area contributed by atoms with E-state index in [-0.39, 0.29) is 18.0 Å². The first-order valence-corrected chi connectivity index (χ1v) is 15.5. The summed E-state index contributed by atoms with van der Waals surface area (Å²) in [5.74, 6) is 1.66. The predicted molar refractivity (Wildman–Crippen MR) is 187 cm³/mol. The topological polar surface area (TPSA) is 114 Å². The van der Waals surface area contributed by atoms with Crippen LogP contribution < -0.4 is 14.2 Å². The van der Waals surface area contributed by atoms with E-state index in [2.05, 4.69) is 66.3 Å². The number of H-pyrrole nitrogens is 3. The Kier molecular flexibility index (Phi) is 5.67. The van der Waals surface area contributed by atoms with Crippen LogP contribution in [0.25, 0.3) is 65.4 Å². The minimum atomic E-state index is 0.0313. The van der Waals surface area contributed by atoms with Gasteiger partial charge >= 0.3 is 18.0 Å². The maximum Gasteiger partial charge on any atom is 0.331 e. The molecule has 0 aliphatic rings. The van der Waals surface area contributed by atoms with Gasteiger partial charge in [0.25, 0.3) is 0 Å². The number of benzene rings is 6. The zero-order chi connectivity index (χ0) is 31.6. The number of hydrogen-bond acceptors (Lipinski definition) is 6. The number of para-hydroxylation sites is 3. The average molecular weight is 625 g/mol. The van der Waals surface area contributed by atoms with Crippen molar-refractivity contribution in [3.8, 4) is 35.3 Å². The number of nitrogens with one attached hydrogen (secondary N) is 3. The van der Waals surface area contributed by atoms with Gasteiger partial charge in [-0.3, -0.25) is 0 Å². The number of aromatic nitrogens is 6. The minimum Gasteiger partial charge on any atom is -0.424 e. The molecule has 0 aliphatic carbocycles. The monoisotopic (exact) mass is 624 g/mol. The van der Waals surface area contributed by atoms with Crippen molar-refractivity contribution in [2.45, 2.75) is 0 Å². The summed E-state index contributed by atoms with van der Waals surface area (Å²) in [6.07, 6.45) is 0. The second-order valence-corrected chi connectivity index (χ2v) is 11.6. The molecule has 4 aromatic heterocycles. The lowest BCUT2D eigenvalue weighted by molar-refractivity contribution is 0.362.